The molecule has 0 spiro atoms. The van der Waals surface area contributed by atoms with E-state index in [2.05, 4.69) is 28.1 Å². The summed E-state index contributed by atoms with van der Waals surface area (Å²) in [4.78, 5) is 72.2. The smallest absolute Gasteiger partial charge is 0.407 e. The molecule has 0 saturated heterocycles. The first-order chi connectivity index (χ1) is 31.9. The Morgan fingerprint density at radius 1 is 0.970 bits per heavy atom. The number of hydrogen-bond acceptors (Lipinski definition) is 10. The number of nitrogens with one attached hydrogen (secondary N) is 3. The predicted octanol–water partition coefficient (Wildman–Crippen LogP) is 5.87. The number of esters is 1. The van der Waals surface area contributed by atoms with Gasteiger partial charge in [0.25, 0.3) is 5.56 Å². The largest absolute Gasteiger partial charge is 0.458 e. The summed E-state index contributed by atoms with van der Waals surface area (Å²) < 4.78 is 33.6. The average Bonchev–Trinajstić information content (AvgIpc) is 3.86. The van der Waals surface area contributed by atoms with Crippen LogP contribution in [-0.4, -0.2) is 64.5 Å². The molecule has 15 heteroatoms. The number of fused-ring (bicyclic) bond motifs is 8. The lowest BCUT2D eigenvalue weighted by Crippen LogP contribution is -2.49. The van der Waals surface area contributed by atoms with Gasteiger partial charge >= 0.3 is 12.1 Å². The Morgan fingerprint density at radius 2 is 1.68 bits per heavy atom. The molecule has 4 heterocycles. The van der Waals surface area contributed by atoms with Crippen LogP contribution in [0.1, 0.15) is 81.8 Å². The maximum Gasteiger partial charge on any atom is 0.407 e. The first kappa shape index (κ1) is 42.7. The highest BCUT2D eigenvalue weighted by Crippen LogP contribution is 2.47. The van der Waals surface area contributed by atoms with Crippen molar-refractivity contribution in [3.63, 3.8) is 0 Å². The molecule has 0 fully saturated rings. The average molecular weight is 892 g/mol. The van der Waals surface area contributed by atoms with E-state index in [0.29, 0.717) is 51.8 Å². The molecule has 3 amide bonds. The molecule has 66 heavy (non-hydrogen) atoms. The molecule has 2 aliphatic carbocycles. The molecule has 6 aromatic rings. The minimum absolute atomic E-state index is 0.0227. The zero-order valence-electron chi connectivity index (χ0n) is 36.2. The van der Waals surface area contributed by atoms with Crippen LogP contribution in [0.25, 0.3) is 33.4 Å². The maximum atomic E-state index is 15.4. The van der Waals surface area contributed by atoms with Gasteiger partial charge in [0.15, 0.2) is 5.60 Å². The summed E-state index contributed by atoms with van der Waals surface area (Å²) in [7, 11) is 0. The normalized spacial score (nSPS) is 18.0. The second-order valence-electron chi connectivity index (χ2n) is 17.2. The van der Waals surface area contributed by atoms with Crippen molar-refractivity contribution >= 4 is 34.8 Å². The Morgan fingerprint density at radius 3 is 2.41 bits per heavy atom. The van der Waals surface area contributed by atoms with Crippen LogP contribution in [0.5, 0.6) is 0 Å². The molecule has 2 aliphatic heterocycles. The van der Waals surface area contributed by atoms with E-state index in [9.17, 15) is 29.1 Å². The van der Waals surface area contributed by atoms with E-state index in [-0.39, 0.29) is 56.4 Å². The number of carbonyl (C=O) groups excluding carboxylic acids is 4. The van der Waals surface area contributed by atoms with Crippen molar-refractivity contribution in [3.8, 4) is 22.5 Å². The molecule has 0 unspecified atom stereocenters. The summed E-state index contributed by atoms with van der Waals surface area (Å²) in [5, 5.41) is 20.5. The molecule has 10 rings (SSSR count). The van der Waals surface area contributed by atoms with Crippen molar-refractivity contribution in [1.82, 2.24) is 25.5 Å². The second kappa shape index (κ2) is 17.0. The highest BCUT2D eigenvalue weighted by molar-refractivity contribution is 5.94. The minimum atomic E-state index is -2.02. The van der Waals surface area contributed by atoms with Crippen molar-refractivity contribution in [2.24, 2.45) is 0 Å². The summed E-state index contributed by atoms with van der Waals surface area (Å²) in [6.45, 7) is 2.43. The van der Waals surface area contributed by atoms with Crippen LogP contribution in [0.15, 0.2) is 95.8 Å². The van der Waals surface area contributed by atoms with E-state index in [1.807, 2.05) is 66.7 Å². The Balaban J connectivity index is 0.826. The summed E-state index contributed by atoms with van der Waals surface area (Å²) >= 11 is 0. The van der Waals surface area contributed by atoms with E-state index in [1.165, 1.54) is 10.6 Å². The molecule has 0 bridgehead atoms. The number of amides is 3. The van der Waals surface area contributed by atoms with Crippen LogP contribution in [-0.2, 0) is 60.2 Å². The fraction of sp³-hybridized carbons (Fsp3) is 0.294. The number of halogens is 1. The number of carbonyl (C=O) groups is 4. The Kier molecular flexibility index (Phi) is 11.0. The highest BCUT2D eigenvalue weighted by atomic mass is 19.1. The highest BCUT2D eigenvalue weighted by Gasteiger charge is 2.46. The van der Waals surface area contributed by atoms with E-state index in [4.69, 9.17) is 19.2 Å². The van der Waals surface area contributed by atoms with E-state index in [0.717, 1.165) is 33.4 Å². The molecule has 4 N–H and O–H groups in total. The van der Waals surface area contributed by atoms with Gasteiger partial charge in [0.1, 0.15) is 38.4 Å². The van der Waals surface area contributed by atoms with Gasteiger partial charge in [-0.2, -0.15) is 0 Å². The SMILES string of the molecule is CC[C@@]1(O)C(=O)OCc2c1cc1n(c2=O)Cc2c-1nc1cc(F)c(C)c3c1c2[C@@H](NC(=O)COCNC(=O)[C@H](Cc1ccccc1)NC(=O)OCC1c2ccccc2-c2ccccc21)CC3. The standard InChI is InChI=1S/C51H46FN5O9/c1-3-51(63)37-20-42-46-34(22-57(42)48(60)36(37)24-65-49(51)61)45-39(18-17-29-27(2)38(52)21-40(55-46)44(29)45)54-43(58)25-64-26-53-47(59)41(19-28-11-5-4-6-12-28)56-50(62)66-23-35-32-15-9-7-13-30(32)31-14-8-10-16-33(31)35/h4-16,20-21,35,39,41,63H,3,17-19,22-26H2,1-2H3,(H,53,59)(H,54,58)(H,56,62)/t39-,41-,51-/m0/s1. The predicted molar refractivity (Wildman–Crippen MR) is 240 cm³/mol. The van der Waals surface area contributed by atoms with Crippen molar-refractivity contribution in [2.45, 2.75) is 76.3 Å². The lowest BCUT2D eigenvalue weighted by molar-refractivity contribution is -0.172. The van der Waals surface area contributed by atoms with Crippen molar-refractivity contribution in [1.29, 1.82) is 0 Å². The molecule has 4 aromatic carbocycles. The third-order valence-electron chi connectivity index (χ3n) is 13.5. The van der Waals surface area contributed by atoms with Crippen LogP contribution in [0.4, 0.5) is 9.18 Å². The van der Waals surface area contributed by atoms with Crippen LogP contribution >= 0.6 is 0 Å². The molecule has 0 saturated carbocycles. The van der Waals surface area contributed by atoms with Crippen molar-refractivity contribution < 1.29 is 42.9 Å². The molecule has 2 aromatic heterocycles. The van der Waals surface area contributed by atoms with Gasteiger partial charge in [-0.15, -0.1) is 0 Å². The number of benzene rings is 4. The van der Waals surface area contributed by atoms with Gasteiger partial charge in [-0.3, -0.25) is 14.4 Å². The number of alkyl carbamates (subject to hydrolysis) is 1. The summed E-state index contributed by atoms with van der Waals surface area (Å²) in [5.74, 6) is -2.47. The van der Waals surface area contributed by atoms with Crippen molar-refractivity contribution in [3.05, 3.63) is 157 Å². The number of nitrogens with zero attached hydrogens (tertiary/aromatic N) is 2. The fourth-order valence-corrected chi connectivity index (χ4v) is 10.2. The number of aliphatic hydroxyl groups is 1. The Hall–Kier alpha value is -7.23. The lowest BCUT2D eigenvalue weighted by Gasteiger charge is -2.31. The third-order valence-corrected chi connectivity index (χ3v) is 13.5. The monoisotopic (exact) mass is 891 g/mol. The van der Waals surface area contributed by atoms with Gasteiger partial charge in [-0.05, 0) is 76.8 Å². The van der Waals surface area contributed by atoms with Crippen LogP contribution < -0.4 is 21.5 Å². The molecule has 3 atom stereocenters. The van der Waals surface area contributed by atoms with E-state index in [1.54, 1.807) is 19.9 Å². The third kappa shape index (κ3) is 7.28. The molecule has 336 valence electrons. The number of aryl methyl sites for hydroxylation is 1. The van der Waals surface area contributed by atoms with Gasteiger partial charge < -0.3 is 39.8 Å². The van der Waals surface area contributed by atoms with E-state index < -0.39 is 59.5 Å². The number of rotatable bonds is 12. The fourth-order valence-electron chi connectivity index (χ4n) is 10.2. The zero-order valence-corrected chi connectivity index (χ0v) is 36.2. The van der Waals surface area contributed by atoms with Crippen molar-refractivity contribution in [2.75, 3.05) is 19.9 Å². The molecule has 0 radical (unpaired) electrons. The molecular formula is C51H46FN5O9. The molecule has 4 aliphatic rings. The number of hydrogen-bond donors (Lipinski definition) is 4. The van der Waals surface area contributed by atoms with Gasteiger partial charge in [0, 0.05) is 34.9 Å². The Labute approximate surface area is 378 Å². The van der Waals surface area contributed by atoms with Gasteiger partial charge in [-0.1, -0.05) is 85.8 Å². The van der Waals surface area contributed by atoms with Crippen LogP contribution in [0.3, 0.4) is 0 Å². The lowest BCUT2D eigenvalue weighted by atomic mass is 9.81. The maximum absolute atomic E-state index is 15.4. The number of pyridine rings is 2. The minimum Gasteiger partial charge on any atom is -0.458 e. The number of aromatic nitrogens is 2. The Bertz CT molecular complexity index is 3020. The molecular weight excluding hydrogens is 846 g/mol. The summed E-state index contributed by atoms with van der Waals surface area (Å²) in [6.07, 6.45) is 0.243. The second-order valence-corrected chi connectivity index (χ2v) is 17.2. The quantitative estimate of drug-likeness (QED) is 0.0657. The zero-order chi connectivity index (χ0) is 45.9. The first-order valence-corrected chi connectivity index (χ1v) is 22.1. The van der Waals surface area contributed by atoms with Gasteiger partial charge in [0.05, 0.1) is 35.1 Å². The molecule has 14 nitrogen and oxygen atoms in total. The topological polar surface area (TPSA) is 187 Å². The van der Waals surface area contributed by atoms with E-state index >= 15 is 4.39 Å². The summed E-state index contributed by atoms with van der Waals surface area (Å²) in [5.41, 5.74) is 6.68. The first-order valence-electron chi connectivity index (χ1n) is 22.1. The van der Waals surface area contributed by atoms with Gasteiger partial charge in [0.2, 0.25) is 11.8 Å². The number of cyclic esters (lactones) is 1. The number of ether oxygens (including phenoxy) is 3. The summed E-state index contributed by atoms with van der Waals surface area (Å²) in [6, 6.07) is 26.6. The van der Waals surface area contributed by atoms with Gasteiger partial charge in [-0.25, -0.2) is 19.0 Å². The van der Waals surface area contributed by atoms with Crippen LogP contribution in [0.2, 0.25) is 0 Å². The van der Waals surface area contributed by atoms with Crippen LogP contribution in [0, 0.1) is 12.7 Å².